The van der Waals surface area contributed by atoms with Gasteiger partial charge < -0.3 is 4.57 Å². The maximum Gasteiger partial charge on any atom is 0.150 e. The first kappa shape index (κ1) is 8.27. The molecule has 1 aliphatic heterocycles. The van der Waals surface area contributed by atoms with Crippen LogP contribution in [0.25, 0.3) is 17.0 Å². The first-order valence-electron chi connectivity index (χ1n) is 4.91. The number of rotatable bonds is 0. The molecule has 0 saturated heterocycles. The fraction of sp³-hybridized carbons (Fsp3) is 0.0769. The van der Waals surface area contributed by atoms with Crippen LogP contribution in [0.2, 0.25) is 0 Å². The van der Waals surface area contributed by atoms with Crippen LogP contribution in [0.4, 0.5) is 5.82 Å². The molecule has 2 heteroatoms. The van der Waals surface area contributed by atoms with Crippen LogP contribution in [0.1, 0.15) is 5.56 Å². The van der Waals surface area contributed by atoms with Crippen molar-refractivity contribution >= 4 is 28.7 Å². The molecule has 2 aromatic rings. The lowest BCUT2D eigenvalue weighted by Gasteiger charge is -1.96. The zero-order valence-electron chi connectivity index (χ0n) is 8.44. The summed E-state index contributed by atoms with van der Waals surface area (Å²) in [5, 5.41) is 1.24. The zero-order valence-corrected chi connectivity index (χ0v) is 8.44. The Morgan fingerprint density at radius 2 is 2.13 bits per heavy atom. The second-order valence-corrected chi connectivity index (χ2v) is 3.58. The van der Waals surface area contributed by atoms with E-state index in [1.54, 1.807) is 0 Å². The number of aryl methyl sites for hydroxylation is 1. The minimum atomic E-state index is 0.973. The molecule has 0 unspecified atom stereocenters. The number of para-hydroxylation sites is 1. The first-order chi connectivity index (χ1) is 7.38. The van der Waals surface area contributed by atoms with Gasteiger partial charge in [0, 0.05) is 18.0 Å². The van der Waals surface area contributed by atoms with E-state index in [1.807, 2.05) is 25.3 Å². The van der Waals surface area contributed by atoms with Crippen LogP contribution in [0.15, 0.2) is 41.4 Å². The van der Waals surface area contributed by atoms with E-state index in [0.29, 0.717) is 0 Å². The van der Waals surface area contributed by atoms with Crippen molar-refractivity contribution in [1.29, 1.82) is 0 Å². The summed E-state index contributed by atoms with van der Waals surface area (Å²) in [5.41, 5.74) is 2.38. The Morgan fingerprint density at radius 3 is 3.07 bits per heavy atom. The maximum atomic E-state index is 4.32. The summed E-state index contributed by atoms with van der Waals surface area (Å²) in [6, 6.07) is 8.33. The minimum Gasteiger partial charge on any atom is -0.328 e. The molecule has 3 rings (SSSR count). The number of allylic oxidation sites excluding steroid dienone is 2. The second-order valence-electron chi connectivity index (χ2n) is 3.58. The molecule has 15 heavy (non-hydrogen) atoms. The molecule has 0 amide bonds. The van der Waals surface area contributed by atoms with E-state index in [4.69, 9.17) is 0 Å². The molecule has 2 heterocycles. The summed E-state index contributed by atoms with van der Waals surface area (Å²) in [6.07, 6.45) is 5.89. The van der Waals surface area contributed by atoms with Crippen LogP contribution in [0.3, 0.4) is 0 Å². The topological polar surface area (TPSA) is 17.3 Å². The molecular weight excluding hydrogens is 184 g/mol. The van der Waals surface area contributed by atoms with Gasteiger partial charge in [-0.1, -0.05) is 24.3 Å². The maximum absolute atomic E-state index is 4.32. The summed E-state index contributed by atoms with van der Waals surface area (Å²) in [6.45, 7) is 0. The number of nitrogens with zero attached hydrogens (tertiary/aromatic N) is 2. The summed E-state index contributed by atoms with van der Waals surface area (Å²) >= 11 is 0. The monoisotopic (exact) mass is 194 g/mol. The fourth-order valence-electron chi connectivity index (χ4n) is 1.99. The molecule has 0 bridgehead atoms. The molecule has 0 spiro atoms. The van der Waals surface area contributed by atoms with Crippen LogP contribution < -0.4 is 0 Å². The van der Waals surface area contributed by atoms with Gasteiger partial charge in [-0.15, -0.1) is 0 Å². The van der Waals surface area contributed by atoms with Gasteiger partial charge in [-0.3, -0.25) is 0 Å². The Balaban J connectivity index is 2.53. The SMILES string of the molecule is Cn1c2c(c3ccccc31)C=CC=C=N2. The van der Waals surface area contributed by atoms with Gasteiger partial charge in [0.15, 0.2) is 0 Å². The molecule has 0 atom stereocenters. The van der Waals surface area contributed by atoms with E-state index in [9.17, 15) is 0 Å². The van der Waals surface area contributed by atoms with Gasteiger partial charge in [0.25, 0.3) is 0 Å². The van der Waals surface area contributed by atoms with Crippen LogP contribution >= 0.6 is 0 Å². The van der Waals surface area contributed by atoms with E-state index in [1.165, 1.54) is 16.5 Å². The number of aliphatic imine (C=N–C) groups is 1. The summed E-state index contributed by atoms with van der Waals surface area (Å²) in [7, 11) is 2.03. The van der Waals surface area contributed by atoms with Crippen LogP contribution in [0.5, 0.6) is 0 Å². The second kappa shape index (κ2) is 2.97. The highest BCUT2D eigenvalue weighted by molar-refractivity contribution is 5.96. The van der Waals surface area contributed by atoms with Gasteiger partial charge in [-0.25, -0.2) is 0 Å². The molecule has 2 nitrogen and oxygen atoms in total. The predicted octanol–water partition coefficient (Wildman–Crippen LogP) is 3.06. The highest BCUT2D eigenvalue weighted by atomic mass is 15.0. The predicted molar refractivity (Wildman–Crippen MR) is 63.6 cm³/mol. The van der Waals surface area contributed by atoms with E-state index in [2.05, 4.69) is 39.7 Å². The molecule has 0 fully saturated rings. The highest BCUT2D eigenvalue weighted by Gasteiger charge is 2.11. The molecule has 0 saturated carbocycles. The molecule has 72 valence electrons. The number of fused-ring (bicyclic) bond motifs is 3. The minimum absolute atomic E-state index is 0.973. The smallest absolute Gasteiger partial charge is 0.150 e. The van der Waals surface area contributed by atoms with Crippen molar-refractivity contribution in [3.63, 3.8) is 0 Å². The Bertz CT molecular complexity index is 623. The third-order valence-corrected chi connectivity index (χ3v) is 2.72. The third-order valence-electron chi connectivity index (χ3n) is 2.72. The normalized spacial score (nSPS) is 13.1. The fourth-order valence-corrected chi connectivity index (χ4v) is 1.99. The lowest BCUT2D eigenvalue weighted by Crippen LogP contribution is -1.85. The molecule has 0 N–H and O–H groups in total. The van der Waals surface area contributed by atoms with Gasteiger partial charge in [-0.2, -0.15) is 4.99 Å². The van der Waals surface area contributed by atoms with Crippen LogP contribution in [0, 0.1) is 0 Å². The Hall–Kier alpha value is -2.05. The molecule has 1 aromatic carbocycles. The van der Waals surface area contributed by atoms with Crippen molar-refractivity contribution in [2.45, 2.75) is 0 Å². The van der Waals surface area contributed by atoms with E-state index < -0.39 is 0 Å². The van der Waals surface area contributed by atoms with E-state index >= 15 is 0 Å². The number of benzene rings is 1. The van der Waals surface area contributed by atoms with Gasteiger partial charge in [0.2, 0.25) is 0 Å². The van der Waals surface area contributed by atoms with Crippen LogP contribution in [-0.4, -0.2) is 10.4 Å². The summed E-state index contributed by atoms with van der Waals surface area (Å²) in [5.74, 6) is 3.87. The van der Waals surface area contributed by atoms with Crippen molar-refractivity contribution in [1.82, 2.24) is 4.57 Å². The van der Waals surface area contributed by atoms with Gasteiger partial charge >= 0.3 is 0 Å². The quantitative estimate of drug-likeness (QED) is 0.613. The molecular formula is C13H10N2. The Kier molecular flexibility index (Phi) is 1.64. The van der Waals surface area contributed by atoms with Crippen molar-refractivity contribution in [2.75, 3.05) is 0 Å². The van der Waals surface area contributed by atoms with Gasteiger partial charge in [0.1, 0.15) is 5.82 Å². The van der Waals surface area contributed by atoms with Gasteiger partial charge in [0.05, 0.1) is 5.52 Å². The van der Waals surface area contributed by atoms with Crippen molar-refractivity contribution in [2.24, 2.45) is 12.0 Å². The average molecular weight is 194 g/mol. The highest BCUT2D eigenvalue weighted by Crippen LogP contribution is 2.32. The zero-order chi connectivity index (χ0) is 10.3. The first-order valence-corrected chi connectivity index (χ1v) is 4.91. The number of hydrogen-bond donors (Lipinski definition) is 0. The Labute approximate surface area is 87.9 Å². The summed E-state index contributed by atoms with van der Waals surface area (Å²) in [4.78, 5) is 4.32. The lowest BCUT2D eigenvalue weighted by molar-refractivity contribution is 0.965. The van der Waals surface area contributed by atoms with Crippen molar-refractivity contribution < 1.29 is 0 Å². The molecule has 1 aliphatic rings. The summed E-state index contributed by atoms with van der Waals surface area (Å²) < 4.78 is 2.10. The number of aromatic nitrogens is 1. The molecule has 1 aromatic heterocycles. The van der Waals surface area contributed by atoms with E-state index in [-0.39, 0.29) is 0 Å². The van der Waals surface area contributed by atoms with E-state index in [0.717, 1.165) is 5.82 Å². The number of hydrogen-bond acceptors (Lipinski definition) is 1. The average Bonchev–Trinajstić information content (AvgIpc) is 2.48. The third kappa shape index (κ3) is 1.09. The largest absolute Gasteiger partial charge is 0.328 e. The molecule has 0 aliphatic carbocycles. The molecule has 0 radical (unpaired) electrons. The standard InChI is InChI=1S/C13H10N2/c1-15-12-8-3-2-6-10(12)11-7-4-5-9-14-13(11)15/h2-8H,1H3. The van der Waals surface area contributed by atoms with Crippen molar-refractivity contribution in [3.05, 3.63) is 42.0 Å². The van der Waals surface area contributed by atoms with Gasteiger partial charge in [-0.05, 0) is 24.1 Å². The van der Waals surface area contributed by atoms with Crippen LogP contribution in [-0.2, 0) is 7.05 Å². The lowest BCUT2D eigenvalue weighted by atomic mass is 10.1. The van der Waals surface area contributed by atoms with Crippen molar-refractivity contribution in [3.8, 4) is 0 Å². The Morgan fingerprint density at radius 1 is 1.27 bits per heavy atom.